The Hall–Kier alpha value is -1.00. The van der Waals surface area contributed by atoms with E-state index in [1.165, 1.54) is 5.56 Å². The van der Waals surface area contributed by atoms with Crippen molar-refractivity contribution in [1.29, 1.82) is 0 Å². The largest absolute Gasteiger partial charge is 0.396 e. The number of hydrogen-bond acceptors (Lipinski definition) is 3. The molecule has 0 aliphatic carbocycles. The number of aliphatic hydroxyl groups excluding tert-OH is 1. The number of amides is 1. The smallest absolute Gasteiger partial charge is 0.233 e. The van der Waals surface area contributed by atoms with Crippen molar-refractivity contribution in [3.63, 3.8) is 0 Å². The normalized spacial score (nSPS) is 10.8. The lowest BCUT2D eigenvalue weighted by atomic mass is 10.2. The number of aliphatic hydroxyl groups is 1. The van der Waals surface area contributed by atoms with Crippen LogP contribution in [0, 0.1) is 6.92 Å². The molecule has 0 aliphatic rings. The molecule has 0 saturated heterocycles. The van der Waals surface area contributed by atoms with Gasteiger partial charge < -0.3 is 10.0 Å². The van der Waals surface area contributed by atoms with E-state index in [9.17, 15) is 4.79 Å². The molecule has 19 heavy (non-hydrogen) atoms. The van der Waals surface area contributed by atoms with Gasteiger partial charge >= 0.3 is 0 Å². The van der Waals surface area contributed by atoms with Crippen molar-refractivity contribution < 1.29 is 9.90 Å². The second-order valence-electron chi connectivity index (χ2n) is 4.81. The van der Waals surface area contributed by atoms with Crippen LogP contribution in [0.1, 0.15) is 25.8 Å². The Bertz CT molecular complexity index is 407. The van der Waals surface area contributed by atoms with E-state index in [1.54, 1.807) is 11.8 Å². The summed E-state index contributed by atoms with van der Waals surface area (Å²) in [6.45, 7) is 6.82. The summed E-state index contributed by atoms with van der Waals surface area (Å²) in [4.78, 5) is 15.2. The molecule has 0 aromatic heterocycles. The Labute approximate surface area is 120 Å². The maximum absolute atomic E-state index is 12.2. The number of aryl methyl sites for hydroxylation is 1. The lowest BCUT2D eigenvalue weighted by molar-refractivity contribution is -0.130. The molecule has 0 heterocycles. The summed E-state index contributed by atoms with van der Waals surface area (Å²) in [6.07, 6.45) is 0.638. The minimum Gasteiger partial charge on any atom is -0.396 e. The van der Waals surface area contributed by atoms with Gasteiger partial charge in [-0.15, -0.1) is 11.8 Å². The van der Waals surface area contributed by atoms with Gasteiger partial charge in [-0.25, -0.2) is 0 Å². The van der Waals surface area contributed by atoms with Gasteiger partial charge in [-0.2, -0.15) is 0 Å². The van der Waals surface area contributed by atoms with Crippen LogP contribution < -0.4 is 0 Å². The van der Waals surface area contributed by atoms with Crippen LogP contribution in [0.3, 0.4) is 0 Å². The minimum atomic E-state index is 0.126. The number of benzene rings is 1. The third-order valence-corrected chi connectivity index (χ3v) is 4.11. The summed E-state index contributed by atoms with van der Waals surface area (Å²) in [5.41, 5.74) is 1.20. The van der Waals surface area contributed by atoms with Crippen LogP contribution in [0.2, 0.25) is 0 Å². The molecule has 0 bridgehead atoms. The zero-order chi connectivity index (χ0) is 14.3. The molecule has 0 fully saturated rings. The average molecular weight is 281 g/mol. The van der Waals surface area contributed by atoms with E-state index in [4.69, 9.17) is 5.11 Å². The van der Waals surface area contributed by atoms with Crippen LogP contribution >= 0.6 is 11.8 Å². The number of carbonyl (C=O) groups excluding carboxylic acids is 1. The molecule has 1 aromatic carbocycles. The fourth-order valence-electron chi connectivity index (χ4n) is 1.85. The molecule has 0 spiro atoms. The van der Waals surface area contributed by atoms with Crippen molar-refractivity contribution in [2.75, 3.05) is 18.9 Å². The third-order valence-electron chi connectivity index (χ3n) is 2.95. The number of hydrogen-bond donors (Lipinski definition) is 1. The van der Waals surface area contributed by atoms with Crippen LogP contribution in [0.5, 0.6) is 0 Å². The van der Waals surface area contributed by atoms with E-state index < -0.39 is 0 Å². The Kier molecular flexibility index (Phi) is 6.95. The van der Waals surface area contributed by atoms with Crippen molar-refractivity contribution in [3.05, 3.63) is 29.8 Å². The van der Waals surface area contributed by atoms with Gasteiger partial charge in [0.25, 0.3) is 0 Å². The zero-order valence-corrected chi connectivity index (χ0v) is 12.7. The Morgan fingerprint density at radius 2 is 2.05 bits per heavy atom. The lowest BCUT2D eigenvalue weighted by Crippen LogP contribution is -2.39. The highest BCUT2D eigenvalue weighted by Crippen LogP contribution is 2.22. The summed E-state index contributed by atoms with van der Waals surface area (Å²) in [5, 5.41) is 8.88. The van der Waals surface area contributed by atoms with E-state index in [0.29, 0.717) is 18.7 Å². The quantitative estimate of drug-likeness (QED) is 0.781. The predicted octanol–water partition coefficient (Wildman–Crippen LogP) is 2.71. The third kappa shape index (κ3) is 5.25. The molecule has 0 aliphatic heterocycles. The number of thioether (sulfide) groups is 1. The molecule has 1 amide bonds. The molecule has 0 radical (unpaired) electrons. The number of carbonyl (C=O) groups is 1. The average Bonchev–Trinajstić information content (AvgIpc) is 2.38. The Morgan fingerprint density at radius 3 is 2.63 bits per heavy atom. The summed E-state index contributed by atoms with van der Waals surface area (Å²) < 4.78 is 0. The first-order valence-electron chi connectivity index (χ1n) is 6.65. The first-order chi connectivity index (χ1) is 9.06. The van der Waals surface area contributed by atoms with Gasteiger partial charge in [0.15, 0.2) is 0 Å². The molecule has 0 unspecified atom stereocenters. The van der Waals surface area contributed by atoms with Gasteiger partial charge in [-0.3, -0.25) is 4.79 Å². The van der Waals surface area contributed by atoms with Gasteiger partial charge in [-0.05, 0) is 38.8 Å². The maximum Gasteiger partial charge on any atom is 0.233 e. The summed E-state index contributed by atoms with van der Waals surface area (Å²) in [5.74, 6) is 0.589. The SMILES string of the molecule is Cc1ccccc1SCC(=O)N(CCCO)C(C)C. The zero-order valence-electron chi connectivity index (χ0n) is 11.9. The first-order valence-corrected chi connectivity index (χ1v) is 7.63. The van der Waals surface area contributed by atoms with Crippen LogP contribution in [0.25, 0.3) is 0 Å². The van der Waals surface area contributed by atoms with E-state index in [2.05, 4.69) is 13.0 Å². The van der Waals surface area contributed by atoms with Crippen LogP contribution in [0.4, 0.5) is 0 Å². The summed E-state index contributed by atoms with van der Waals surface area (Å²) >= 11 is 1.58. The highest BCUT2D eigenvalue weighted by Gasteiger charge is 2.16. The monoisotopic (exact) mass is 281 g/mol. The first kappa shape index (κ1) is 16.1. The van der Waals surface area contributed by atoms with Crippen LogP contribution in [-0.2, 0) is 4.79 Å². The van der Waals surface area contributed by atoms with E-state index in [1.807, 2.05) is 36.9 Å². The fourth-order valence-corrected chi connectivity index (χ4v) is 2.77. The van der Waals surface area contributed by atoms with Gasteiger partial charge in [-0.1, -0.05) is 18.2 Å². The number of nitrogens with zero attached hydrogens (tertiary/aromatic N) is 1. The molecule has 1 rings (SSSR count). The fraction of sp³-hybridized carbons (Fsp3) is 0.533. The molecule has 1 N–H and O–H groups in total. The molecule has 4 heteroatoms. The van der Waals surface area contributed by atoms with Gasteiger partial charge in [0.2, 0.25) is 5.91 Å². The second kappa shape index (κ2) is 8.23. The summed E-state index contributed by atoms with van der Waals surface area (Å²) in [6, 6.07) is 8.27. The van der Waals surface area contributed by atoms with Crippen molar-refractivity contribution in [2.24, 2.45) is 0 Å². The molecule has 0 saturated carbocycles. The Morgan fingerprint density at radius 1 is 1.37 bits per heavy atom. The predicted molar refractivity (Wildman–Crippen MR) is 80.5 cm³/mol. The van der Waals surface area contributed by atoms with E-state index in [-0.39, 0.29) is 18.6 Å². The van der Waals surface area contributed by atoms with E-state index >= 15 is 0 Å². The van der Waals surface area contributed by atoms with Crippen molar-refractivity contribution in [3.8, 4) is 0 Å². The maximum atomic E-state index is 12.2. The van der Waals surface area contributed by atoms with Crippen LogP contribution in [0.15, 0.2) is 29.2 Å². The van der Waals surface area contributed by atoms with Crippen molar-refractivity contribution in [2.45, 2.75) is 38.1 Å². The van der Waals surface area contributed by atoms with Crippen molar-refractivity contribution in [1.82, 2.24) is 4.90 Å². The highest BCUT2D eigenvalue weighted by molar-refractivity contribution is 8.00. The van der Waals surface area contributed by atoms with E-state index in [0.717, 1.165) is 4.90 Å². The molecule has 3 nitrogen and oxygen atoms in total. The lowest BCUT2D eigenvalue weighted by Gasteiger charge is -2.26. The van der Waals surface area contributed by atoms with Gasteiger partial charge in [0.1, 0.15) is 0 Å². The molecular formula is C15H23NO2S. The van der Waals surface area contributed by atoms with Crippen LogP contribution in [-0.4, -0.2) is 40.9 Å². The summed E-state index contributed by atoms with van der Waals surface area (Å²) in [7, 11) is 0. The topological polar surface area (TPSA) is 40.5 Å². The van der Waals surface area contributed by atoms with Gasteiger partial charge in [0.05, 0.1) is 5.75 Å². The molecular weight excluding hydrogens is 258 g/mol. The standard InChI is InChI=1S/C15H23NO2S/c1-12(2)16(9-6-10-17)15(18)11-19-14-8-5-4-7-13(14)3/h4-5,7-8,12,17H,6,9-11H2,1-3H3. The number of rotatable bonds is 7. The minimum absolute atomic E-state index is 0.126. The molecule has 1 aromatic rings. The van der Waals surface area contributed by atoms with Crippen molar-refractivity contribution >= 4 is 17.7 Å². The molecule has 0 atom stereocenters. The Balaban J connectivity index is 2.55. The highest BCUT2D eigenvalue weighted by atomic mass is 32.2. The molecule has 106 valence electrons. The second-order valence-corrected chi connectivity index (χ2v) is 5.83. The van der Waals surface area contributed by atoms with Gasteiger partial charge in [0, 0.05) is 24.1 Å².